The molecule has 4 heteroatoms. The van der Waals surface area contributed by atoms with Crippen LogP contribution in [0.3, 0.4) is 0 Å². The van der Waals surface area contributed by atoms with E-state index in [1.54, 1.807) is 0 Å². The van der Waals surface area contributed by atoms with Crippen molar-refractivity contribution in [3.05, 3.63) is 112 Å². The number of nitrogens with zero attached hydrogens (tertiary/aromatic N) is 2. The molecule has 1 aromatic heterocycles. The molecule has 1 fully saturated rings. The number of pyridine rings is 1. The van der Waals surface area contributed by atoms with Crippen LogP contribution in [0.15, 0.2) is 89.4 Å². The highest BCUT2D eigenvalue weighted by Crippen LogP contribution is 2.42. The minimum absolute atomic E-state index is 0.337. The van der Waals surface area contributed by atoms with Crippen molar-refractivity contribution in [3.63, 3.8) is 0 Å². The first-order chi connectivity index (χ1) is 17.7. The molecule has 0 saturated carbocycles. The number of rotatable bonds is 6. The quantitative estimate of drug-likeness (QED) is 0.270. The summed E-state index contributed by atoms with van der Waals surface area (Å²) in [4.78, 5) is 7.69. The third kappa shape index (κ3) is 5.11. The van der Waals surface area contributed by atoms with Gasteiger partial charge < -0.3 is 10.2 Å². The molecular weight excluding hydrogens is 506 g/mol. The Morgan fingerprint density at radius 3 is 2.53 bits per heavy atom. The predicted molar refractivity (Wildman–Crippen MR) is 153 cm³/mol. The number of hydrogen-bond acceptors (Lipinski definition) is 3. The van der Waals surface area contributed by atoms with Gasteiger partial charge in [-0.05, 0) is 91.4 Å². The Balaban J connectivity index is 1.19. The van der Waals surface area contributed by atoms with Crippen molar-refractivity contribution < 1.29 is 0 Å². The molecule has 3 nitrogen and oxygen atoms in total. The molecule has 2 heterocycles. The standard InChI is InChI=1S/C32H32BrN3/c33-26-8-6-7-24(21-26)30-22-25-13-16-31(35-32(25)29-10-3-2-9-28(29)30)34-27-14-11-23(12-15-27)17-20-36-18-4-1-5-19-36/h2-3,6-16,21,30H,1,4-5,17-20,22H2,(H,34,35). The van der Waals surface area contributed by atoms with E-state index in [9.17, 15) is 0 Å². The SMILES string of the molecule is Brc1cccc(C2Cc3ccc(Nc4ccc(CCN5CCCCC5)cc4)nc3-c3ccccc32)c1. The minimum Gasteiger partial charge on any atom is -0.340 e. The van der Waals surface area contributed by atoms with Gasteiger partial charge in [-0.1, -0.05) is 76.9 Å². The average Bonchev–Trinajstić information content (AvgIpc) is 2.93. The maximum Gasteiger partial charge on any atom is 0.131 e. The fraction of sp³-hybridized carbons (Fsp3) is 0.281. The Kier molecular flexibility index (Phi) is 6.89. The highest BCUT2D eigenvalue weighted by atomic mass is 79.9. The summed E-state index contributed by atoms with van der Waals surface area (Å²) in [6, 6.07) is 30.7. The van der Waals surface area contributed by atoms with Crippen LogP contribution in [0.5, 0.6) is 0 Å². The van der Waals surface area contributed by atoms with E-state index in [0.29, 0.717) is 5.92 Å². The maximum absolute atomic E-state index is 5.09. The van der Waals surface area contributed by atoms with Gasteiger partial charge in [-0.15, -0.1) is 0 Å². The van der Waals surface area contributed by atoms with Gasteiger partial charge >= 0.3 is 0 Å². The van der Waals surface area contributed by atoms with Crippen LogP contribution in [-0.2, 0) is 12.8 Å². The largest absolute Gasteiger partial charge is 0.340 e. The van der Waals surface area contributed by atoms with E-state index in [4.69, 9.17) is 4.98 Å². The van der Waals surface area contributed by atoms with E-state index in [2.05, 4.69) is 111 Å². The number of hydrogen-bond donors (Lipinski definition) is 1. The lowest BCUT2D eigenvalue weighted by atomic mass is 9.77. The topological polar surface area (TPSA) is 28.2 Å². The third-order valence-corrected chi connectivity index (χ3v) is 8.13. The van der Waals surface area contributed by atoms with Crippen LogP contribution < -0.4 is 5.32 Å². The van der Waals surface area contributed by atoms with E-state index < -0.39 is 0 Å². The van der Waals surface area contributed by atoms with Crippen molar-refractivity contribution >= 4 is 27.4 Å². The Hall–Kier alpha value is -2.95. The zero-order valence-electron chi connectivity index (χ0n) is 20.6. The van der Waals surface area contributed by atoms with Crippen LogP contribution in [0.25, 0.3) is 11.3 Å². The lowest BCUT2D eigenvalue weighted by Crippen LogP contribution is -2.31. The molecule has 1 unspecified atom stereocenters. The fourth-order valence-electron chi connectivity index (χ4n) is 5.70. The Labute approximate surface area is 222 Å². The number of likely N-dealkylation sites (tertiary alicyclic amines) is 1. The summed E-state index contributed by atoms with van der Waals surface area (Å²) < 4.78 is 1.12. The van der Waals surface area contributed by atoms with Crippen LogP contribution in [0.4, 0.5) is 11.5 Å². The van der Waals surface area contributed by atoms with Gasteiger partial charge in [0.05, 0.1) is 5.69 Å². The summed E-state index contributed by atoms with van der Waals surface area (Å²) >= 11 is 3.65. The minimum atomic E-state index is 0.337. The number of benzene rings is 3. The van der Waals surface area contributed by atoms with Gasteiger partial charge in [0.2, 0.25) is 0 Å². The molecule has 0 bridgehead atoms. The molecule has 1 atom stereocenters. The van der Waals surface area contributed by atoms with Crippen molar-refractivity contribution in [1.82, 2.24) is 9.88 Å². The Morgan fingerprint density at radius 1 is 0.861 bits per heavy atom. The molecule has 4 aromatic rings. The summed E-state index contributed by atoms with van der Waals surface area (Å²) in [7, 11) is 0. The molecule has 36 heavy (non-hydrogen) atoms. The van der Waals surface area contributed by atoms with Crippen LogP contribution in [0.2, 0.25) is 0 Å². The molecule has 1 aliphatic heterocycles. The highest BCUT2D eigenvalue weighted by molar-refractivity contribution is 9.10. The normalized spacial score (nSPS) is 17.3. The molecule has 0 spiro atoms. The van der Waals surface area contributed by atoms with Gasteiger partial charge in [0.1, 0.15) is 5.82 Å². The zero-order valence-corrected chi connectivity index (χ0v) is 22.2. The van der Waals surface area contributed by atoms with Gasteiger partial charge in [0, 0.05) is 28.2 Å². The van der Waals surface area contributed by atoms with E-state index in [0.717, 1.165) is 34.5 Å². The number of fused-ring (bicyclic) bond motifs is 3. The molecule has 0 amide bonds. The van der Waals surface area contributed by atoms with E-state index >= 15 is 0 Å². The van der Waals surface area contributed by atoms with Crippen molar-refractivity contribution in [2.75, 3.05) is 25.0 Å². The van der Waals surface area contributed by atoms with Crippen molar-refractivity contribution in [2.45, 2.75) is 38.0 Å². The number of nitrogens with one attached hydrogen (secondary N) is 1. The van der Waals surface area contributed by atoms with E-state index in [1.165, 1.54) is 66.7 Å². The summed E-state index contributed by atoms with van der Waals surface area (Å²) in [6.45, 7) is 3.69. The lowest BCUT2D eigenvalue weighted by Gasteiger charge is -2.28. The molecule has 6 rings (SSSR count). The van der Waals surface area contributed by atoms with Gasteiger partial charge in [0.25, 0.3) is 0 Å². The third-order valence-electron chi connectivity index (χ3n) is 7.64. The fourth-order valence-corrected chi connectivity index (χ4v) is 6.11. The molecule has 3 aromatic carbocycles. The van der Waals surface area contributed by atoms with Crippen LogP contribution in [0, 0.1) is 0 Å². The predicted octanol–water partition coefficient (Wildman–Crippen LogP) is 7.97. The molecule has 1 N–H and O–H groups in total. The van der Waals surface area contributed by atoms with Crippen molar-refractivity contribution in [1.29, 1.82) is 0 Å². The van der Waals surface area contributed by atoms with Gasteiger partial charge in [0.15, 0.2) is 0 Å². The molecule has 0 radical (unpaired) electrons. The zero-order chi connectivity index (χ0) is 24.3. The molecule has 1 saturated heterocycles. The first kappa shape index (κ1) is 23.4. The second-order valence-corrected chi connectivity index (χ2v) is 11.0. The summed E-state index contributed by atoms with van der Waals surface area (Å²) in [5.74, 6) is 1.23. The average molecular weight is 539 g/mol. The molecular formula is C32H32BrN3. The van der Waals surface area contributed by atoms with E-state index in [1.807, 2.05) is 0 Å². The highest BCUT2D eigenvalue weighted by Gasteiger charge is 2.27. The van der Waals surface area contributed by atoms with Crippen molar-refractivity contribution in [3.8, 4) is 11.3 Å². The number of piperidine rings is 1. The second-order valence-electron chi connectivity index (χ2n) is 10.1. The van der Waals surface area contributed by atoms with Gasteiger partial charge in [-0.2, -0.15) is 0 Å². The summed E-state index contributed by atoms with van der Waals surface area (Å²) in [5.41, 5.74) is 8.81. The molecule has 182 valence electrons. The first-order valence-corrected chi connectivity index (χ1v) is 14.0. The van der Waals surface area contributed by atoms with Crippen LogP contribution >= 0.6 is 15.9 Å². The Morgan fingerprint density at radius 2 is 1.69 bits per heavy atom. The molecule has 1 aliphatic carbocycles. The number of aromatic nitrogens is 1. The molecule has 2 aliphatic rings. The number of halogens is 1. The van der Waals surface area contributed by atoms with Gasteiger partial charge in [-0.3, -0.25) is 0 Å². The second kappa shape index (κ2) is 10.6. The van der Waals surface area contributed by atoms with Gasteiger partial charge in [-0.25, -0.2) is 4.98 Å². The monoisotopic (exact) mass is 537 g/mol. The lowest BCUT2D eigenvalue weighted by molar-refractivity contribution is 0.231. The number of anilines is 2. The van der Waals surface area contributed by atoms with Crippen LogP contribution in [0.1, 0.15) is 47.4 Å². The summed E-state index contributed by atoms with van der Waals surface area (Å²) in [5, 5.41) is 3.54. The smallest absolute Gasteiger partial charge is 0.131 e. The van der Waals surface area contributed by atoms with Crippen molar-refractivity contribution in [2.24, 2.45) is 0 Å². The van der Waals surface area contributed by atoms with Crippen LogP contribution in [-0.4, -0.2) is 29.5 Å². The summed E-state index contributed by atoms with van der Waals surface area (Å²) in [6.07, 6.45) is 6.18. The first-order valence-electron chi connectivity index (χ1n) is 13.2. The maximum atomic E-state index is 5.09. The van der Waals surface area contributed by atoms with E-state index in [-0.39, 0.29) is 0 Å². The Bertz CT molecular complexity index is 1340.